The maximum atomic E-state index is 4.70. The van der Waals surface area contributed by atoms with Crippen LogP contribution in [0.25, 0.3) is 0 Å². The lowest BCUT2D eigenvalue weighted by Gasteiger charge is -2.11. The van der Waals surface area contributed by atoms with Gasteiger partial charge < -0.3 is 5.32 Å². The molecule has 4 heteroatoms. The number of aryl methyl sites for hydroxylation is 3. The number of nitrogens with one attached hydrogen (secondary N) is 1. The Labute approximate surface area is 140 Å². The monoisotopic (exact) mass is 395 g/mol. The topological polar surface area (TPSA) is 37.8 Å². The lowest BCUT2D eigenvalue weighted by Crippen LogP contribution is -2.09. The molecule has 0 fully saturated rings. The average Bonchev–Trinajstić information content (AvgIpc) is 2.40. The summed E-state index contributed by atoms with van der Waals surface area (Å²) in [6, 6.07) is 6.61. The van der Waals surface area contributed by atoms with Gasteiger partial charge in [-0.15, -0.1) is 0 Å². The molecule has 112 valence electrons. The van der Waals surface area contributed by atoms with Crippen molar-refractivity contribution < 1.29 is 0 Å². The molecule has 0 unspecified atom stereocenters. The Bertz CT molecular complexity index is 618. The molecule has 1 N–H and O–H groups in total. The third-order valence-electron chi connectivity index (χ3n) is 3.25. The highest BCUT2D eigenvalue weighted by molar-refractivity contribution is 14.1. The quantitative estimate of drug-likeness (QED) is 0.762. The highest BCUT2D eigenvalue weighted by Crippen LogP contribution is 2.20. The fraction of sp³-hybridized carbons (Fsp3) is 0.412. The van der Waals surface area contributed by atoms with E-state index in [9.17, 15) is 0 Å². The fourth-order valence-corrected chi connectivity index (χ4v) is 2.84. The van der Waals surface area contributed by atoms with E-state index >= 15 is 0 Å². The van der Waals surface area contributed by atoms with Crippen molar-refractivity contribution in [2.75, 3.05) is 11.9 Å². The lowest BCUT2D eigenvalue weighted by molar-refractivity contribution is 0.908. The van der Waals surface area contributed by atoms with Gasteiger partial charge in [-0.3, -0.25) is 0 Å². The van der Waals surface area contributed by atoms with E-state index in [4.69, 9.17) is 4.98 Å². The molecule has 0 saturated carbocycles. The summed E-state index contributed by atoms with van der Waals surface area (Å²) in [6.45, 7) is 9.40. The Morgan fingerprint density at radius 2 is 1.71 bits per heavy atom. The summed E-state index contributed by atoms with van der Waals surface area (Å²) in [4.78, 5) is 9.33. The number of halogens is 1. The first-order valence-corrected chi connectivity index (χ1v) is 8.41. The zero-order valence-corrected chi connectivity index (χ0v) is 15.3. The van der Waals surface area contributed by atoms with Crippen LogP contribution in [0.2, 0.25) is 0 Å². The molecule has 3 nitrogen and oxygen atoms in total. The molecule has 0 saturated heterocycles. The van der Waals surface area contributed by atoms with Crippen molar-refractivity contribution in [3.63, 3.8) is 0 Å². The van der Waals surface area contributed by atoms with E-state index in [1.807, 2.05) is 6.92 Å². The van der Waals surface area contributed by atoms with Crippen molar-refractivity contribution in [1.82, 2.24) is 9.97 Å². The molecular weight excluding hydrogens is 373 g/mol. The van der Waals surface area contributed by atoms with Gasteiger partial charge in [-0.05, 0) is 55.3 Å². The predicted octanol–water partition coefficient (Wildman–Crippen LogP) is 4.42. The molecule has 0 aliphatic rings. The first-order chi connectivity index (χ1) is 9.99. The molecule has 0 amide bonds. The molecule has 1 heterocycles. The molecule has 0 radical (unpaired) electrons. The van der Waals surface area contributed by atoms with Crippen molar-refractivity contribution in [3.05, 3.63) is 50.0 Å². The molecular formula is C17H22IN3. The molecule has 0 aliphatic carbocycles. The minimum atomic E-state index is 0.779. The number of hydrogen-bond acceptors (Lipinski definition) is 3. The molecule has 2 rings (SSSR count). The number of rotatable bonds is 5. The number of benzene rings is 1. The molecule has 0 aliphatic heterocycles. The Morgan fingerprint density at radius 1 is 1.05 bits per heavy atom. The fourth-order valence-electron chi connectivity index (χ4n) is 2.41. The standard InChI is InChI=1S/C17H22IN3/c1-5-6-19-17-16(18)13(4)20-15(21-17)10-14-8-11(2)7-12(3)9-14/h7-9H,5-6,10H2,1-4H3,(H,19,20,21). The maximum absolute atomic E-state index is 4.70. The highest BCUT2D eigenvalue weighted by atomic mass is 127. The third-order valence-corrected chi connectivity index (χ3v) is 4.54. The summed E-state index contributed by atoms with van der Waals surface area (Å²) in [7, 11) is 0. The second kappa shape index (κ2) is 7.20. The van der Waals surface area contributed by atoms with Gasteiger partial charge in [0.25, 0.3) is 0 Å². The SMILES string of the molecule is CCCNc1nc(Cc2cc(C)cc(C)c2)nc(C)c1I. The molecule has 2 aromatic rings. The molecule has 0 bridgehead atoms. The van der Waals surface area contributed by atoms with Gasteiger partial charge in [0.05, 0.1) is 9.26 Å². The van der Waals surface area contributed by atoms with Crippen molar-refractivity contribution in [2.45, 2.75) is 40.5 Å². The van der Waals surface area contributed by atoms with Gasteiger partial charge in [-0.2, -0.15) is 0 Å². The third kappa shape index (κ3) is 4.40. The van der Waals surface area contributed by atoms with Gasteiger partial charge in [0, 0.05) is 13.0 Å². The van der Waals surface area contributed by atoms with Crippen molar-refractivity contribution in [3.8, 4) is 0 Å². The normalized spacial score (nSPS) is 10.7. The van der Waals surface area contributed by atoms with E-state index in [1.165, 1.54) is 16.7 Å². The molecule has 0 atom stereocenters. The Kier molecular flexibility index (Phi) is 5.56. The Balaban J connectivity index is 2.29. The average molecular weight is 395 g/mol. The molecule has 1 aromatic heterocycles. The lowest BCUT2D eigenvalue weighted by atomic mass is 10.0. The molecule has 0 spiro atoms. The van der Waals surface area contributed by atoms with E-state index in [0.29, 0.717) is 0 Å². The maximum Gasteiger partial charge on any atom is 0.143 e. The van der Waals surface area contributed by atoms with Gasteiger partial charge in [0.1, 0.15) is 11.6 Å². The van der Waals surface area contributed by atoms with Crippen molar-refractivity contribution >= 4 is 28.4 Å². The van der Waals surface area contributed by atoms with E-state index < -0.39 is 0 Å². The van der Waals surface area contributed by atoms with E-state index in [1.54, 1.807) is 0 Å². The van der Waals surface area contributed by atoms with Gasteiger partial charge in [-0.25, -0.2) is 9.97 Å². The number of nitrogens with zero attached hydrogens (tertiary/aromatic N) is 2. The second-order valence-electron chi connectivity index (χ2n) is 5.49. The van der Waals surface area contributed by atoms with Crippen molar-refractivity contribution in [2.24, 2.45) is 0 Å². The summed E-state index contributed by atoms with van der Waals surface area (Å²) in [5, 5.41) is 3.39. The first kappa shape index (κ1) is 16.2. The van der Waals surface area contributed by atoms with Crippen LogP contribution in [0.1, 0.15) is 41.6 Å². The summed E-state index contributed by atoms with van der Waals surface area (Å²) in [5.41, 5.74) is 4.89. The van der Waals surface area contributed by atoms with Crippen LogP contribution in [0, 0.1) is 24.3 Å². The van der Waals surface area contributed by atoms with Crippen LogP contribution >= 0.6 is 22.6 Å². The first-order valence-electron chi connectivity index (χ1n) is 7.33. The number of hydrogen-bond donors (Lipinski definition) is 1. The Hall–Kier alpha value is -1.17. The van der Waals surface area contributed by atoms with Crippen LogP contribution in [0.15, 0.2) is 18.2 Å². The van der Waals surface area contributed by atoms with Gasteiger partial charge >= 0.3 is 0 Å². The zero-order valence-electron chi connectivity index (χ0n) is 13.1. The van der Waals surface area contributed by atoms with Gasteiger partial charge in [0.15, 0.2) is 0 Å². The van der Waals surface area contributed by atoms with E-state index in [0.717, 1.165) is 40.3 Å². The van der Waals surface area contributed by atoms with E-state index in [2.05, 4.69) is 71.9 Å². The van der Waals surface area contributed by atoms with Crippen molar-refractivity contribution in [1.29, 1.82) is 0 Å². The summed E-state index contributed by atoms with van der Waals surface area (Å²) < 4.78 is 1.12. The minimum Gasteiger partial charge on any atom is -0.369 e. The van der Waals surface area contributed by atoms with Gasteiger partial charge in [0.2, 0.25) is 0 Å². The van der Waals surface area contributed by atoms with Gasteiger partial charge in [-0.1, -0.05) is 36.2 Å². The van der Waals surface area contributed by atoms with Crippen LogP contribution in [0.4, 0.5) is 5.82 Å². The largest absolute Gasteiger partial charge is 0.369 e. The van der Waals surface area contributed by atoms with Crippen LogP contribution in [-0.4, -0.2) is 16.5 Å². The zero-order chi connectivity index (χ0) is 15.4. The van der Waals surface area contributed by atoms with Crippen LogP contribution in [0.3, 0.4) is 0 Å². The second-order valence-corrected chi connectivity index (χ2v) is 6.57. The van der Waals surface area contributed by atoms with Crippen LogP contribution in [0.5, 0.6) is 0 Å². The van der Waals surface area contributed by atoms with E-state index in [-0.39, 0.29) is 0 Å². The summed E-state index contributed by atoms with van der Waals surface area (Å²) in [5.74, 6) is 1.85. The highest BCUT2D eigenvalue weighted by Gasteiger charge is 2.09. The molecule has 21 heavy (non-hydrogen) atoms. The summed E-state index contributed by atoms with van der Waals surface area (Å²) >= 11 is 2.32. The number of anilines is 1. The summed E-state index contributed by atoms with van der Waals surface area (Å²) in [6.07, 6.45) is 1.87. The predicted molar refractivity (Wildman–Crippen MR) is 97.0 cm³/mol. The van der Waals surface area contributed by atoms with Crippen LogP contribution < -0.4 is 5.32 Å². The smallest absolute Gasteiger partial charge is 0.143 e. The minimum absolute atomic E-state index is 0.779. The van der Waals surface area contributed by atoms with Crippen LogP contribution in [-0.2, 0) is 6.42 Å². The number of aromatic nitrogens is 2. The molecule has 1 aromatic carbocycles. The Morgan fingerprint density at radius 3 is 2.33 bits per heavy atom.